The van der Waals surface area contributed by atoms with Gasteiger partial charge in [0.1, 0.15) is 0 Å². The second kappa shape index (κ2) is 7.18. The summed E-state index contributed by atoms with van der Waals surface area (Å²) in [6.07, 6.45) is 5.23. The fourth-order valence-corrected chi connectivity index (χ4v) is 3.56. The van der Waals surface area contributed by atoms with Crippen LogP contribution in [-0.4, -0.2) is 41.1 Å². The molecule has 1 aromatic heterocycles. The number of nitrogens with zero attached hydrogens (tertiary/aromatic N) is 4. The molecule has 1 aromatic carbocycles. The number of hydrogen-bond donors (Lipinski definition) is 0. The van der Waals surface area contributed by atoms with Gasteiger partial charge in [-0.2, -0.15) is 0 Å². The molecule has 0 N–H and O–H groups in total. The Hall–Kier alpha value is -1.81. The topological polar surface area (TPSA) is 24.3 Å². The Labute approximate surface area is 139 Å². The molecule has 0 unspecified atom stereocenters. The second-order valence-corrected chi connectivity index (χ2v) is 7.02. The van der Waals surface area contributed by atoms with Crippen LogP contribution in [-0.2, 0) is 6.54 Å². The van der Waals surface area contributed by atoms with Crippen LogP contribution in [0.25, 0.3) is 0 Å². The van der Waals surface area contributed by atoms with Gasteiger partial charge in [0.2, 0.25) is 0 Å². The smallest absolute Gasteiger partial charge is 0.0951 e. The average molecular weight is 312 g/mol. The third-order valence-corrected chi connectivity index (χ3v) is 4.71. The first-order valence-electron chi connectivity index (χ1n) is 8.62. The van der Waals surface area contributed by atoms with Gasteiger partial charge in [-0.3, -0.25) is 0 Å². The maximum absolute atomic E-state index is 4.31. The summed E-state index contributed by atoms with van der Waals surface area (Å²) in [7, 11) is 2.23. The largest absolute Gasteiger partial charge is 0.371 e. The molecule has 0 radical (unpaired) electrons. The van der Waals surface area contributed by atoms with Crippen molar-refractivity contribution in [2.24, 2.45) is 5.92 Å². The molecule has 1 atom stereocenters. The van der Waals surface area contributed by atoms with Crippen LogP contribution in [0.4, 0.5) is 5.69 Å². The molecule has 0 aliphatic carbocycles. The van der Waals surface area contributed by atoms with E-state index in [1.54, 1.807) is 0 Å². The maximum Gasteiger partial charge on any atom is 0.0951 e. The SMILES string of the molecule is CC(C)n1cncc1CN(C)C[C@H]1CCN(c2ccccc2)C1. The number of hydrogen-bond acceptors (Lipinski definition) is 3. The van der Waals surface area contributed by atoms with Crippen LogP contribution in [0.2, 0.25) is 0 Å². The first-order valence-corrected chi connectivity index (χ1v) is 8.62. The Morgan fingerprint density at radius 1 is 1.26 bits per heavy atom. The van der Waals surface area contributed by atoms with Crippen molar-refractivity contribution in [2.75, 3.05) is 31.6 Å². The standard InChI is InChI=1S/C19H28N4/c1-16(2)23-15-20-11-19(23)14-21(3)12-17-9-10-22(13-17)18-7-5-4-6-8-18/h4-8,11,15-17H,9-10,12-14H2,1-3H3/t17-/m1/s1. The minimum Gasteiger partial charge on any atom is -0.371 e. The number of imidazole rings is 1. The molecule has 3 rings (SSSR count). The molecule has 1 fully saturated rings. The first kappa shape index (κ1) is 16.1. The highest BCUT2D eigenvalue weighted by Gasteiger charge is 2.24. The lowest BCUT2D eigenvalue weighted by molar-refractivity contribution is 0.271. The van der Waals surface area contributed by atoms with Gasteiger partial charge in [0.25, 0.3) is 0 Å². The van der Waals surface area contributed by atoms with E-state index in [4.69, 9.17) is 0 Å². The van der Waals surface area contributed by atoms with Gasteiger partial charge < -0.3 is 14.4 Å². The Balaban J connectivity index is 1.53. The van der Waals surface area contributed by atoms with Crippen LogP contribution < -0.4 is 4.90 Å². The highest BCUT2D eigenvalue weighted by molar-refractivity contribution is 5.46. The van der Waals surface area contributed by atoms with Crippen molar-refractivity contribution in [3.63, 3.8) is 0 Å². The Bertz CT molecular complexity index is 605. The molecule has 4 nitrogen and oxygen atoms in total. The molecule has 0 amide bonds. The Morgan fingerprint density at radius 2 is 2.04 bits per heavy atom. The second-order valence-electron chi connectivity index (χ2n) is 7.02. The predicted molar refractivity (Wildman–Crippen MR) is 95.7 cm³/mol. The third kappa shape index (κ3) is 3.94. The summed E-state index contributed by atoms with van der Waals surface area (Å²) < 4.78 is 2.27. The number of para-hydroxylation sites is 1. The molecular formula is C19H28N4. The number of benzene rings is 1. The van der Waals surface area contributed by atoms with E-state index in [9.17, 15) is 0 Å². The quantitative estimate of drug-likeness (QED) is 0.817. The Kier molecular flexibility index (Phi) is 5.01. The molecule has 1 saturated heterocycles. The van der Waals surface area contributed by atoms with E-state index in [1.807, 2.05) is 12.5 Å². The fourth-order valence-electron chi connectivity index (χ4n) is 3.56. The minimum absolute atomic E-state index is 0.473. The van der Waals surface area contributed by atoms with Gasteiger partial charge >= 0.3 is 0 Å². The van der Waals surface area contributed by atoms with Crippen LogP contribution in [0.15, 0.2) is 42.9 Å². The average Bonchev–Trinajstić information content (AvgIpc) is 3.17. The van der Waals surface area contributed by atoms with E-state index < -0.39 is 0 Å². The zero-order chi connectivity index (χ0) is 16.2. The summed E-state index contributed by atoms with van der Waals surface area (Å²) in [4.78, 5) is 9.26. The van der Waals surface area contributed by atoms with Gasteiger partial charge in [0.05, 0.1) is 12.0 Å². The van der Waals surface area contributed by atoms with Crippen LogP contribution in [0, 0.1) is 5.92 Å². The van der Waals surface area contributed by atoms with Crippen molar-refractivity contribution in [3.05, 3.63) is 48.5 Å². The predicted octanol–water partition coefficient (Wildman–Crippen LogP) is 3.42. The van der Waals surface area contributed by atoms with E-state index in [1.165, 1.54) is 24.3 Å². The zero-order valence-electron chi connectivity index (χ0n) is 14.5. The van der Waals surface area contributed by atoms with Crippen molar-refractivity contribution in [1.82, 2.24) is 14.5 Å². The summed E-state index contributed by atoms with van der Waals surface area (Å²) in [6.45, 7) is 8.87. The van der Waals surface area contributed by atoms with Gasteiger partial charge in [0, 0.05) is 44.1 Å². The van der Waals surface area contributed by atoms with Gasteiger partial charge in [-0.25, -0.2) is 4.98 Å². The lowest BCUT2D eigenvalue weighted by Gasteiger charge is -2.23. The molecule has 2 aromatic rings. The van der Waals surface area contributed by atoms with Crippen LogP contribution in [0.5, 0.6) is 0 Å². The molecule has 124 valence electrons. The highest BCUT2D eigenvalue weighted by Crippen LogP contribution is 2.24. The molecule has 1 aliphatic heterocycles. The minimum atomic E-state index is 0.473. The highest BCUT2D eigenvalue weighted by atomic mass is 15.2. The van der Waals surface area contributed by atoms with Gasteiger partial charge in [-0.05, 0) is 45.4 Å². The summed E-state index contributed by atoms with van der Waals surface area (Å²) in [6, 6.07) is 11.2. The number of anilines is 1. The van der Waals surface area contributed by atoms with Crippen LogP contribution in [0.1, 0.15) is 32.0 Å². The lowest BCUT2D eigenvalue weighted by atomic mass is 10.1. The van der Waals surface area contributed by atoms with Crippen molar-refractivity contribution in [3.8, 4) is 0 Å². The third-order valence-electron chi connectivity index (χ3n) is 4.71. The monoisotopic (exact) mass is 312 g/mol. The normalized spacial score (nSPS) is 18.3. The van der Waals surface area contributed by atoms with Gasteiger partial charge in [0.15, 0.2) is 0 Å². The molecule has 4 heteroatoms. The van der Waals surface area contributed by atoms with Crippen molar-refractivity contribution in [2.45, 2.75) is 32.9 Å². The zero-order valence-corrected chi connectivity index (χ0v) is 14.5. The lowest BCUT2D eigenvalue weighted by Crippen LogP contribution is -2.28. The molecule has 2 heterocycles. The maximum atomic E-state index is 4.31. The summed E-state index contributed by atoms with van der Waals surface area (Å²) in [5.74, 6) is 0.746. The summed E-state index contributed by atoms with van der Waals surface area (Å²) in [5.41, 5.74) is 2.66. The van der Waals surface area contributed by atoms with E-state index in [-0.39, 0.29) is 0 Å². The molecule has 23 heavy (non-hydrogen) atoms. The molecule has 1 aliphatic rings. The van der Waals surface area contributed by atoms with E-state index >= 15 is 0 Å². The summed E-state index contributed by atoms with van der Waals surface area (Å²) in [5, 5.41) is 0. The van der Waals surface area contributed by atoms with Gasteiger partial charge in [-0.15, -0.1) is 0 Å². The van der Waals surface area contributed by atoms with Crippen molar-refractivity contribution in [1.29, 1.82) is 0 Å². The van der Waals surface area contributed by atoms with E-state index in [0.29, 0.717) is 6.04 Å². The fraction of sp³-hybridized carbons (Fsp3) is 0.526. The van der Waals surface area contributed by atoms with Crippen molar-refractivity contribution < 1.29 is 0 Å². The first-order chi connectivity index (χ1) is 11.1. The van der Waals surface area contributed by atoms with E-state index in [0.717, 1.165) is 25.6 Å². The van der Waals surface area contributed by atoms with E-state index in [2.05, 4.69) is 70.6 Å². The Morgan fingerprint density at radius 3 is 2.78 bits per heavy atom. The number of rotatable bonds is 6. The molecular weight excluding hydrogens is 284 g/mol. The van der Waals surface area contributed by atoms with Gasteiger partial charge in [-0.1, -0.05) is 18.2 Å². The molecule has 0 saturated carbocycles. The van der Waals surface area contributed by atoms with Crippen molar-refractivity contribution >= 4 is 5.69 Å². The summed E-state index contributed by atoms with van der Waals surface area (Å²) >= 11 is 0. The van der Waals surface area contributed by atoms with Crippen LogP contribution >= 0.6 is 0 Å². The molecule has 0 bridgehead atoms. The van der Waals surface area contributed by atoms with Crippen LogP contribution in [0.3, 0.4) is 0 Å². The number of aromatic nitrogens is 2. The molecule has 0 spiro atoms.